The van der Waals surface area contributed by atoms with Gasteiger partial charge in [-0.15, -0.1) is 0 Å². The molecule has 3 aromatic carbocycles. The summed E-state index contributed by atoms with van der Waals surface area (Å²) >= 11 is 0. The van der Waals surface area contributed by atoms with Gasteiger partial charge >= 0.3 is 0 Å². The van der Waals surface area contributed by atoms with Gasteiger partial charge in [0.1, 0.15) is 11.8 Å². The lowest BCUT2D eigenvalue weighted by Crippen LogP contribution is -2.47. The molecule has 0 saturated carbocycles. The van der Waals surface area contributed by atoms with Gasteiger partial charge in [0.25, 0.3) is 11.8 Å². The molecule has 3 rings (SSSR count). The molecule has 1 atom stereocenters. The Labute approximate surface area is 195 Å². The molecule has 0 heterocycles. The molecule has 0 aliphatic heterocycles. The first kappa shape index (κ1) is 24.0. The third-order valence-electron chi connectivity index (χ3n) is 5.32. The van der Waals surface area contributed by atoms with E-state index in [9.17, 15) is 9.59 Å². The quantitative estimate of drug-likeness (QED) is 0.375. The van der Waals surface area contributed by atoms with E-state index in [2.05, 4.69) is 15.8 Å². The molecule has 0 radical (unpaired) electrons. The lowest BCUT2D eigenvalue weighted by atomic mass is 10.0. The maximum atomic E-state index is 12.8. The van der Waals surface area contributed by atoms with Gasteiger partial charge in [-0.1, -0.05) is 74.5 Å². The van der Waals surface area contributed by atoms with Gasteiger partial charge in [-0.2, -0.15) is 5.10 Å². The van der Waals surface area contributed by atoms with Crippen molar-refractivity contribution in [1.82, 2.24) is 10.7 Å². The zero-order valence-corrected chi connectivity index (χ0v) is 19.6. The molecule has 0 saturated heterocycles. The van der Waals surface area contributed by atoms with Gasteiger partial charge in [0.05, 0.1) is 6.21 Å². The molecule has 0 fully saturated rings. The second-order valence-electron chi connectivity index (χ2n) is 8.56. The van der Waals surface area contributed by atoms with Crippen LogP contribution in [0, 0.1) is 19.8 Å². The van der Waals surface area contributed by atoms with E-state index in [0.717, 1.165) is 27.5 Å². The first-order valence-electron chi connectivity index (χ1n) is 11.1. The van der Waals surface area contributed by atoms with Crippen LogP contribution in [-0.4, -0.2) is 30.7 Å². The summed E-state index contributed by atoms with van der Waals surface area (Å²) in [6.07, 6.45) is 2.11. The number of amides is 2. The van der Waals surface area contributed by atoms with Crippen molar-refractivity contribution in [2.45, 2.75) is 40.2 Å². The third kappa shape index (κ3) is 6.65. The molecule has 0 unspecified atom stereocenters. The highest BCUT2D eigenvalue weighted by Gasteiger charge is 2.22. The first-order valence-corrected chi connectivity index (χ1v) is 11.1. The number of hydrazone groups is 1. The number of hydrogen-bond acceptors (Lipinski definition) is 4. The van der Waals surface area contributed by atoms with Gasteiger partial charge in [0.2, 0.25) is 0 Å². The van der Waals surface area contributed by atoms with Crippen molar-refractivity contribution in [3.63, 3.8) is 0 Å². The summed E-state index contributed by atoms with van der Waals surface area (Å²) in [6, 6.07) is 19.0. The van der Waals surface area contributed by atoms with Crippen LogP contribution in [0.1, 0.15) is 37.0 Å². The number of para-hydroxylation sites is 1. The van der Waals surface area contributed by atoms with Crippen molar-refractivity contribution in [2.24, 2.45) is 11.0 Å². The summed E-state index contributed by atoms with van der Waals surface area (Å²) in [5.74, 6) is 0.192. The Morgan fingerprint density at radius 1 is 0.970 bits per heavy atom. The normalized spacial score (nSPS) is 12.2. The van der Waals surface area contributed by atoms with Crippen molar-refractivity contribution in [3.8, 4) is 5.75 Å². The number of hydrogen-bond donors (Lipinski definition) is 2. The van der Waals surface area contributed by atoms with E-state index in [-0.39, 0.29) is 24.3 Å². The molecule has 0 aromatic heterocycles. The Bertz CT molecular complexity index is 1130. The molecule has 6 heteroatoms. The Kier molecular flexibility index (Phi) is 8.19. The molecule has 2 amide bonds. The van der Waals surface area contributed by atoms with Gasteiger partial charge in [0.15, 0.2) is 6.61 Å². The predicted molar refractivity (Wildman–Crippen MR) is 132 cm³/mol. The van der Waals surface area contributed by atoms with E-state index in [1.54, 1.807) is 6.21 Å². The fraction of sp³-hybridized carbons (Fsp3) is 0.296. The second kappa shape index (κ2) is 11.3. The number of fused-ring (bicyclic) bond motifs is 1. The topological polar surface area (TPSA) is 79.8 Å². The number of carbonyl (C=O) groups is 2. The van der Waals surface area contributed by atoms with Crippen molar-refractivity contribution < 1.29 is 14.3 Å². The Hall–Kier alpha value is -3.67. The van der Waals surface area contributed by atoms with Crippen LogP contribution in [0.3, 0.4) is 0 Å². The smallest absolute Gasteiger partial charge is 0.262 e. The van der Waals surface area contributed by atoms with Gasteiger partial charge in [0, 0.05) is 5.56 Å². The number of benzene rings is 3. The first-order chi connectivity index (χ1) is 15.8. The molecule has 172 valence electrons. The van der Waals surface area contributed by atoms with Crippen LogP contribution in [-0.2, 0) is 9.59 Å². The molecule has 33 heavy (non-hydrogen) atoms. The van der Waals surface area contributed by atoms with Crippen LogP contribution in [0.15, 0.2) is 65.8 Å². The highest BCUT2D eigenvalue weighted by molar-refractivity contribution is 6.00. The average molecular weight is 446 g/mol. The van der Waals surface area contributed by atoms with Crippen molar-refractivity contribution in [3.05, 3.63) is 77.4 Å². The highest BCUT2D eigenvalue weighted by atomic mass is 16.5. The minimum atomic E-state index is -0.705. The zero-order chi connectivity index (χ0) is 23.8. The maximum absolute atomic E-state index is 12.8. The number of nitrogens with zero attached hydrogens (tertiary/aromatic N) is 1. The van der Waals surface area contributed by atoms with Crippen molar-refractivity contribution in [1.29, 1.82) is 0 Å². The molecule has 0 bridgehead atoms. The lowest BCUT2D eigenvalue weighted by molar-refractivity contribution is -0.130. The zero-order valence-electron chi connectivity index (χ0n) is 19.6. The lowest BCUT2D eigenvalue weighted by Gasteiger charge is -2.19. The van der Waals surface area contributed by atoms with Crippen LogP contribution in [0.2, 0.25) is 0 Å². The minimum Gasteiger partial charge on any atom is -0.483 e. The number of rotatable bonds is 9. The van der Waals surface area contributed by atoms with Gasteiger partial charge < -0.3 is 10.1 Å². The molecule has 2 N–H and O–H groups in total. The minimum absolute atomic E-state index is 0.160. The van der Waals surface area contributed by atoms with Crippen molar-refractivity contribution in [2.75, 3.05) is 6.61 Å². The fourth-order valence-electron chi connectivity index (χ4n) is 3.71. The number of aryl methyl sites for hydroxylation is 2. The Morgan fingerprint density at radius 2 is 1.64 bits per heavy atom. The summed E-state index contributed by atoms with van der Waals surface area (Å²) in [5.41, 5.74) is 5.40. The summed E-state index contributed by atoms with van der Waals surface area (Å²) < 4.78 is 5.72. The maximum Gasteiger partial charge on any atom is 0.262 e. The van der Waals surface area contributed by atoms with Crippen LogP contribution in [0.25, 0.3) is 10.8 Å². The molecule has 0 spiro atoms. The van der Waals surface area contributed by atoms with Gasteiger partial charge in [-0.05, 0) is 48.1 Å². The Balaban J connectivity index is 1.62. The number of ether oxygens (including phenoxy) is 1. The monoisotopic (exact) mass is 445 g/mol. The van der Waals surface area contributed by atoms with Crippen LogP contribution in [0.5, 0.6) is 5.75 Å². The van der Waals surface area contributed by atoms with E-state index in [0.29, 0.717) is 12.2 Å². The van der Waals surface area contributed by atoms with Crippen molar-refractivity contribution >= 4 is 28.8 Å². The predicted octanol–water partition coefficient (Wildman–Crippen LogP) is 4.52. The largest absolute Gasteiger partial charge is 0.483 e. The van der Waals surface area contributed by atoms with Gasteiger partial charge in [-0.3, -0.25) is 9.59 Å². The third-order valence-corrected chi connectivity index (χ3v) is 5.32. The van der Waals surface area contributed by atoms with E-state index in [1.165, 1.54) is 0 Å². The molecule has 6 nitrogen and oxygen atoms in total. The van der Waals surface area contributed by atoms with Crippen LogP contribution in [0.4, 0.5) is 0 Å². The molecular weight excluding hydrogens is 414 g/mol. The summed E-state index contributed by atoms with van der Waals surface area (Å²) in [7, 11) is 0. The fourth-order valence-corrected chi connectivity index (χ4v) is 3.71. The van der Waals surface area contributed by atoms with Gasteiger partial charge in [-0.25, -0.2) is 5.43 Å². The summed E-state index contributed by atoms with van der Waals surface area (Å²) in [6.45, 7) is 7.71. The SMILES string of the molecule is Cc1cccc(C)c1OCC(=O)N[C@@H](CC(C)C)C(=O)N/N=C\c1cccc2ccccc12. The van der Waals surface area contributed by atoms with Crippen LogP contribution >= 0.6 is 0 Å². The summed E-state index contributed by atoms with van der Waals surface area (Å²) in [5, 5.41) is 9.07. The van der Waals surface area contributed by atoms with E-state index < -0.39 is 6.04 Å². The number of carbonyl (C=O) groups excluding carboxylic acids is 2. The molecule has 0 aliphatic carbocycles. The Morgan fingerprint density at radius 3 is 2.36 bits per heavy atom. The van der Waals surface area contributed by atoms with E-state index in [1.807, 2.05) is 88.4 Å². The molecular formula is C27H31N3O3. The second-order valence-corrected chi connectivity index (χ2v) is 8.56. The number of nitrogens with one attached hydrogen (secondary N) is 2. The van der Waals surface area contributed by atoms with E-state index in [4.69, 9.17) is 4.74 Å². The van der Waals surface area contributed by atoms with E-state index >= 15 is 0 Å². The molecule has 3 aromatic rings. The molecule has 0 aliphatic rings. The van der Waals surface area contributed by atoms with Crippen LogP contribution < -0.4 is 15.5 Å². The summed E-state index contributed by atoms with van der Waals surface area (Å²) in [4.78, 5) is 25.3. The highest BCUT2D eigenvalue weighted by Crippen LogP contribution is 2.22. The average Bonchev–Trinajstić information content (AvgIpc) is 2.78. The standard InChI is InChI=1S/C27H31N3O3/c1-18(2)15-24(29-25(31)17-33-26-19(3)9-7-10-20(26)4)27(32)30-28-16-22-13-8-12-21-11-5-6-14-23(21)22/h5-14,16,18,24H,15,17H2,1-4H3,(H,29,31)(H,30,32)/b28-16-/t24-/m0/s1.